The molecule has 6 nitrogen and oxygen atoms in total. The summed E-state index contributed by atoms with van der Waals surface area (Å²) in [6.45, 7) is 7.58. The Bertz CT molecular complexity index is 1500. The average molecular weight is 549 g/mol. The Morgan fingerprint density at radius 2 is 1.79 bits per heavy atom. The number of rotatable bonds is 6. The Balaban J connectivity index is 0.00000176. The van der Waals surface area contributed by atoms with Gasteiger partial charge in [-0.2, -0.15) is 0 Å². The topological polar surface area (TPSA) is 59.2 Å². The van der Waals surface area contributed by atoms with Crippen LogP contribution in [-0.2, 0) is 26.3 Å². The molecule has 4 aromatic rings. The normalized spacial score (nSPS) is 15.4. The first kappa shape index (κ1) is 26.9. The SMILES string of the molecule is CC1=Nc2ccc3c(c2CC1)CCN(CCCSc1nnc(-c2cccc4nc(C)ccc24)n1C)CC3.Cl.[HH]. The number of nitrogens with zero attached hydrogens (tertiary/aromatic N) is 6. The minimum absolute atomic E-state index is 0. The lowest BCUT2D eigenvalue weighted by Gasteiger charge is -2.20. The number of pyridine rings is 1. The molecule has 2 aliphatic rings. The largest absolute Gasteiger partial charge is 0.305 e. The number of aromatic nitrogens is 4. The monoisotopic (exact) mass is 548 g/mol. The Morgan fingerprint density at radius 1 is 0.921 bits per heavy atom. The number of halogens is 1. The summed E-state index contributed by atoms with van der Waals surface area (Å²) < 4.78 is 2.12. The van der Waals surface area contributed by atoms with Gasteiger partial charge in [-0.3, -0.25) is 9.98 Å². The minimum atomic E-state index is 0. The summed E-state index contributed by atoms with van der Waals surface area (Å²) >= 11 is 1.80. The lowest BCUT2D eigenvalue weighted by atomic mass is 9.91. The Hall–Kier alpha value is -2.74. The van der Waals surface area contributed by atoms with E-state index in [2.05, 4.69) is 81.1 Å². The summed E-state index contributed by atoms with van der Waals surface area (Å²) in [5.74, 6) is 1.93. The van der Waals surface area contributed by atoms with Gasteiger partial charge in [-0.1, -0.05) is 36.0 Å². The van der Waals surface area contributed by atoms with E-state index in [4.69, 9.17) is 4.99 Å². The van der Waals surface area contributed by atoms with E-state index in [-0.39, 0.29) is 13.8 Å². The molecule has 0 N–H and O–H groups in total. The van der Waals surface area contributed by atoms with Crippen molar-refractivity contribution in [2.24, 2.45) is 12.0 Å². The molecule has 38 heavy (non-hydrogen) atoms. The van der Waals surface area contributed by atoms with Crippen molar-refractivity contribution in [3.8, 4) is 11.4 Å². The predicted octanol–water partition coefficient (Wildman–Crippen LogP) is 6.63. The number of aryl methyl sites for hydroxylation is 1. The quantitative estimate of drug-likeness (QED) is 0.200. The fraction of sp³-hybridized carbons (Fsp3) is 0.400. The molecule has 0 amide bonds. The molecule has 0 radical (unpaired) electrons. The van der Waals surface area contributed by atoms with Crippen LogP contribution in [0.1, 0.15) is 43.6 Å². The van der Waals surface area contributed by atoms with E-state index in [0.717, 1.165) is 90.6 Å². The summed E-state index contributed by atoms with van der Waals surface area (Å²) in [4.78, 5) is 12.1. The van der Waals surface area contributed by atoms with Crippen molar-refractivity contribution in [1.29, 1.82) is 0 Å². The molecule has 2 aromatic carbocycles. The zero-order chi connectivity index (χ0) is 25.4. The second-order valence-corrected chi connectivity index (χ2v) is 11.3. The molecule has 0 fully saturated rings. The van der Waals surface area contributed by atoms with Gasteiger partial charge in [0.1, 0.15) is 0 Å². The van der Waals surface area contributed by atoms with Crippen LogP contribution in [0.25, 0.3) is 22.3 Å². The third kappa shape index (κ3) is 5.37. The van der Waals surface area contributed by atoms with Crippen LogP contribution in [0.4, 0.5) is 5.69 Å². The fourth-order valence-corrected chi connectivity index (χ4v) is 6.52. The summed E-state index contributed by atoms with van der Waals surface area (Å²) in [5, 5.41) is 11.2. The predicted molar refractivity (Wildman–Crippen MR) is 163 cm³/mol. The maximum atomic E-state index is 4.82. The van der Waals surface area contributed by atoms with Crippen LogP contribution in [0, 0.1) is 6.92 Å². The van der Waals surface area contributed by atoms with Crippen LogP contribution in [0.15, 0.2) is 52.6 Å². The van der Waals surface area contributed by atoms with Gasteiger partial charge in [0.2, 0.25) is 0 Å². The van der Waals surface area contributed by atoms with Gasteiger partial charge < -0.3 is 9.47 Å². The number of thioether (sulfide) groups is 1. The molecule has 2 aromatic heterocycles. The van der Waals surface area contributed by atoms with Crippen LogP contribution in [0.2, 0.25) is 0 Å². The summed E-state index contributed by atoms with van der Waals surface area (Å²) in [6.07, 6.45) is 5.68. The first-order valence-electron chi connectivity index (χ1n) is 13.4. The lowest BCUT2D eigenvalue weighted by molar-refractivity contribution is 0.289. The zero-order valence-electron chi connectivity index (χ0n) is 22.4. The molecule has 0 saturated carbocycles. The van der Waals surface area contributed by atoms with Crippen molar-refractivity contribution in [2.75, 3.05) is 25.4 Å². The third-order valence-corrected chi connectivity index (χ3v) is 8.83. The highest BCUT2D eigenvalue weighted by Crippen LogP contribution is 2.33. The van der Waals surface area contributed by atoms with E-state index in [0.29, 0.717) is 0 Å². The van der Waals surface area contributed by atoms with Gasteiger partial charge in [0.15, 0.2) is 11.0 Å². The summed E-state index contributed by atoms with van der Waals surface area (Å²) in [7, 11) is 2.07. The van der Waals surface area contributed by atoms with Crippen molar-refractivity contribution in [3.63, 3.8) is 0 Å². The van der Waals surface area contributed by atoms with Crippen molar-refractivity contribution in [2.45, 2.75) is 51.1 Å². The number of aliphatic imine (C=N–C) groups is 1. The molecule has 2 aliphatic heterocycles. The molecule has 4 heterocycles. The van der Waals surface area contributed by atoms with Gasteiger partial charge in [0, 0.05) is 49.7 Å². The van der Waals surface area contributed by atoms with Gasteiger partial charge in [0.25, 0.3) is 0 Å². The highest BCUT2D eigenvalue weighted by molar-refractivity contribution is 7.99. The van der Waals surface area contributed by atoms with Crippen molar-refractivity contribution < 1.29 is 1.43 Å². The maximum absolute atomic E-state index is 4.82. The van der Waals surface area contributed by atoms with Gasteiger partial charge in [0.05, 0.1) is 11.2 Å². The van der Waals surface area contributed by atoms with E-state index in [1.165, 1.54) is 22.5 Å². The average Bonchev–Trinajstić information content (AvgIpc) is 3.13. The Morgan fingerprint density at radius 3 is 2.68 bits per heavy atom. The van der Waals surface area contributed by atoms with E-state index in [1.807, 2.05) is 6.92 Å². The number of hydrogen-bond acceptors (Lipinski definition) is 6. The van der Waals surface area contributed by atoms with Crippen molar-refractivity contribution >= 4 is 46.5 Å². The smallest absolute Gasteiger partial charge is 0.191 e. The molecule has 0 aliphatic carbocycles. The van der Waals surface area contributed by atoms with E-state index >= 15 is 0 Å². The van der Waals surface area contributed by atoms with Crippen LogP contribution in [0.5, 0.6) is 0 Å². The van der Waals surface area contributed by atoms with Crippen LogP contribution >= 0.6 is 24.2 Å². The molecule has 0 atom stereocenters. The third-order valence-electron chi connectivity index (χ3n) is 7.72. The van der Waals surface area contributed by atoms with Crippen molar-refractivity contribution in [1.82, 2.24) is 24.6 Å². The molecule has 0 unspecified atom stereocenters. The summed E-state index contributed by atoms with van der Waals surface area (Å²) in [5.41, 5.74) is 10.2. The molecule has 200 valence electrons. The van der Waals surface area contributed by atoms with E-state index in [1.54, 1.807) is 17.3 Å². The Kier molecular flexibility index (Phi) is 8.17. The maximum Gasteiger partial charge on any atom is 0.191 e. The van der Waals surface area contributed by atoms with Crippen LogP contribution < -0.4 is 0 Å². The number of hydrogen-bond donors (Lipinski definition) is 0. The molecule has 0 bridgehead atoms. The lowest BCUT2D eigenvalue weighted by Crippen LogP contribution is -2.28. The second-order valence-electron chi connectivity index (χ2n) is 10.3. The minimum Gasteiger partial charge on any atom is -0.305 e. The molecule has 6 rings (SSSR count). The van der Waals surface area contributed by atoms with Gasteiger partial charge in [-0.05, 0) is 87.4 Å². The molecule has 8 heteroatoms. The molecule has 0 spiro atoms. The molecular formula is C30H37ClN6S. The standard InChI is InChI=1S/C30H34N6S.ClH.H2/c1-20-9-12-25-26(6-4-7-27(25)31-20)29-33-34-30(35(29)3)37-19-5-16-36-17-14-22-10-13-28-24(23(22)15-18-36)11-8-21(2)32-28;;/h4,6-7,9-10,12-13H,5,8,11,14-19H2,1-3H3;2*1H. The number of benzene rings is 2. The van der Waals surface area contributed by atoms with Gasteiger partial charge in [-0.25, -0.2) is 0 Å². The fourth-order valence-electron chi connectivity index (χ4n) is 5.69. The first-order chi connectivity index (χ1) is 18.1. The van der Waals surface area contributed by atoms with Crippen molar-refractivity contribution in [3.05, 3.63) is 64.8 Å². The first-order valence-corrected chi connectivity index (χ1v) is 14.3. The van der Waals surface area contributed by atoms with E-state index in [9.17, 15) is 0 Å². The van der Waals surface area contributed by atoms with Crippen LogP contribution in [-0.4, -0.2) is 55.7 Å². The highest BCUT2D eigenvalue weighted by atomic mass is 35.5. The van der Waals surface area contributed by atoms with Gasteiger partial charge in [-0.15, -0.1) is 22.6 Å². The zero-order valence-corrected chi connectivity index (χ0v) is 24.0. The summed E-state index contributed by atoms with van der Waals surface area (Å²) in [6, 6.07) is 15.0. The molecular weight excluding hydrogens is 512 g/mol. The number of fused-ring (bicyclic) bond motifs is 4. The second kappa shape index (κ2) is 11.6. The highest BCUT2D eigenvalue weighted by Gasteiger charge is 2.21. The van der Waals surface area contributed by atoms with Gasteiger partial charge >= 0.3 is 0 Å². The van der Waals surface area contributed by atoms with Crippen LogP contribution in [0.3, 0.4) is 0 Å². The Labute approximate surface area is 236 Å². The molecule has 0 saturated heterocycles. The van der Waals surface area contributed by atoms with E-state index < -0.39 is 0 Å².